The van der Waals surface area contributed by atoms with Gasteiger partial charge in [0, 0.05) is 42.2 Å². The maximum absolute atomic E-state index is 6.28. The maximum atomic E-state index is 6.28. The number of nitrogens with two attached hydrogens (primary N) is 1. The summed E-state index contributed by atoms with van der Waals surface area (Å²) >= 11 is 8.33. The minimum absolute atomic E-state index is 0.553. The minimum atomic E-state index is 0.553. The Hall–Kier alpha value is -0.220. The molecule has 2 rings (SSSR count). The zero-order valence-electron chi connectivity index (χ0n) is 10.2. The van der Waals surface area contributed by atoms with Crippen LogP contribution in [-0.2, 0) is 13.1 Å². The van der Waals surface area contributed by atoms with E-state index in [1.54, 1.807) is 0 Å². The van der Waals surface area contributed by atoms with E-state index < -0.39 is 0 Å². The molecular formula is C13H19ClN2S. The van der Waals surface area contributed by atoms with Crippen LogP contribution in [0.3, 0.4) is 0 Å². The Morgan fingerprint density at radius 1 is 1.53 bits per heavy atom. The van der Waals surface area contributed by atoms with Crippen molar-refractivity contribution in [1.29, 1.82) is 0 Å². The third-order valence-electron chi connectivity index (χ3n) is 3.07. The molecule has 0 radical (unpaired) electrons. The summed E-state index contributed by atoms with van der Waals surface area (Å²) < 4.78 is 0. The monoisotopic (exact) mass is 270 g/mol. The molecule has 1 atom stereocenters. The first-order valence-corrected chi connectivity index (χ1v) is 7.43. The molecule has 2 N–H and O–H groups in total. The van der Waals surface area contributed by atoms with Crippen molar-refractivity contribution in [3.05, 3.63) is 34.3 Å². The fourth-order valence-corrected chi connectivity index (χ4v) is 3.47. The van der Waals surface area contributed by atoms with Gasteiger partial charge in [0.15, 0.2) is 0 Å². The van der Waals surface area contributed by atoms with Crippen LogP contribution >= 0.6 is 23.4 Å². The van der Waals surface area contributed by atoms with E-state index in [4.69, 9.17) is 17.3 Å². The molecule has 1 heterocycles. The molecule has 1 aliphatic heterocycles. The van der Waals surface area contributed by atoms with Crippen molar-refractivity contribution in [1.82, 2.24) is 4.90 Å². The fourth-order valence-electron chi connectivity index (χ4n) is 2.12. The molecule has 1 aromatic rings. The Morgan fingerprint density at radius 3 is 3.00 bits per heavy atom. The lowest BCUT2D eigenvalue weighted by atomic mass is 10.1. The smallest absolute Gasteiger partial charge is 0.0454 e. The molecule has 0 amide bonds. The van der Waals surface area contributed by atoms with Gasteiger partial charge in [-0.05, 0) is 17.2 Å². The lowest BCUT2D eigenvalue weighted by Gasteiger charge is -2.30. The summed E-state index contributed by atoms with van der Waals surface area (Å²) in [6.07, 6.45) is 0. The van der Waals surface area contributed by atoms with Gasteiger partial charge in [-0.1, -0.05) is 30.7 Å². The molecule has 1 aliphatic rings. The van der Waals surface area contributed by atoms with Gasteiger partial charge in [0.25, 0.3) is 0 Å². The summed E-state index contributed by atoms with van der Waals surface area (Å²) in [7, 11) is 0. The van der Waals surface area contributed by atoms with Gasteiger partial charge < -0.3 is 5.73 Å². The average molecular weight is 271 g/mol. The molecule has 17 heavy (non-hydrogen) atoms. The second-order valence-corrected chi connectivity index (χ2v) is 6.50. The maximum Gasteiger partial charge on any atom is 0.0454 e. The Balaban J connectivity index is 2.02. The predicted molar refractivity (Wildman–Crippen MR) is 76.5 cm³/mol. The van der Waals surface area contributed by atoms with Crippen molar-refractivity contribution < 1.29 is 0 Å². The van der Waals surface area contributed by atoms with Gasteiger partial charge in [-0.2, -0.15) is 11.8 Å². The molecule has 2 nitrogen and oxygen atoms in total. The lowest BCUT2D eigenvalue weighted by molar-refractivity contribution is 0.278. The minimum Gasteiger partial charge on any atom is -0.326 e. The predicted octanol–water partition coefficient (Wildman–Crippen LogP) is 2.74. The molecule has 0 aliphatic carbocycles. The average Bonchev–Trinajstić information content (AvgIpc) is 2.32. The van der Waals surface area contributed by atoms with Crippen LogP contribution in [0.25, 0.3) is 0 Å². The van der Waals surface area contributed by atoms with Gasteiger partial charge in [0.2, 0.25) is 0 Å². The molecule has 0 bridgehead atoms. The Bertz CT molecular complexity index is 384. The highest BCUT2D eigenvalue weighted by atomic mass is 35.5. The summed E-state index contributed by atoms with van der Waals surface area (Å²) in [5, 5.41) is 1.57. The fraction of sp³-hybridized carbons (Fsp3) is 0.538. The molecule has 4 heteroatoms. The van der Waals surface area contributed by atoms with Gasteiger partial charge in [-0.15, -0.1) is 0 Å². The van der Waals surface area contributed by atoms with Crippen LogP contribution in [-0.4, -0.2) is 29.0 Å². The third-order valence-corrected chi connectivity index (χ3v) is 4.56. The number of nitrogens with zero attached hydrogens (tertiary/aromatic N) is 1. The number of halogens is 1. The lowest BCUT2D eigenvalue weighted by Crippen LogP contribution is -2.36. The largest absolute Gasteiger partial charge is 0.326 e. The van der Waals surface area contributed by atoms with E-state index in [9.17, 15) is 0 Å². The molecule has 0 spiro atoms. The summed E-state index contributed by atoms with van der Waals surface area (Å²) in [5.41, 5.74) is 7.91. The van der Waals surface area contributed by atoms with Crippen molar-refractivity contribution >= 4 is 23.4 Å². The Labute approximate surface area is 113 Å². The van der Waals surface area contributed by atoms with Gasteiger partial charge in [-0.3, -0.25) is 4.90 Å². The number of hydrogen-bond acceptors (Lipinski definition) is 3. The van der Waals surface area contributed by atoms with E-state index >= 15 is 0 Å². The Morgan fingerprint density at radius 2 is 2.35 bits per heavy atom. The first-order valence-electron chi connectivity index (χ1n) is 6.00. The number of benzene rings is 1. The van der Waals surface area contributed by atoms with Crippen LogP contribution in [0.1, 0.15) is 18.1 Å². The first-order chi connectivity index (χ1) is 8.19. The highest BCUT2D eigenvalue weighted by molar-refractivity contribution is 7.99. The Kier molecular flexibility index (Phi) is 4.74. The molecule has 1 unspecified atom stereocenters. The molecule has 1 aromatic carbocycles. The number of hydrogen-bond donors (Lipinski definition) is 1. The van der Waals surface area contributed by atoms with E-state index in [0.29, 0.717) is 6.54 Å². The van der Waals surface area contributed by atoms with Gasteiger partial charge >= 0.3 is 0 Å². The molecular weight excluding hydrogens is 252 g/mol. The highest BCUT2D eigenvalue weighted by Crippen LogP contribution is 2.23. The zero-order chi connectivity index (χ0) is 12.3. The summed E-state index contributed by atoms with van der Waals surface area (Å²) in [5.74, 6) is 1.22. The van der Waals surface area contributed by atoms with Gasteiger partial charge in [0.1, 0.15) is 0 Å². The number of thioether (sulfide) groups is 1. The van der Waals surface area contributed by atoms with Crippen LogP contribution < -0.4 is 5.73 Å². The van der Waals surface area contributed by atoms with Crippen molar-refractivity contribution in [2.75, 3.05) is 18.8 Å². The molecule has 1 saturated heterocycles. The van der Waals surface area contributed by atoms with Crippen LogP contribution in [0, 0.1) is 0 Å². The summed E-state index contributed by atoms with van der Waals surface area (Å²) in [6, 6.07) is 6.17. The van der Waals surface area contributed by atoms with E-state index in [1.807, 2.05) is 6.07 Å². The van der Waals surface area contributed by atoms with Crippen molar-refractivity contribution in [2.24, 2.45) is 5.73 Å². The zero-order valence-corrected chi connectivity index (χ0v) is 11.7. The van der Waals surface area contributed by atoms with Crippen molar-refractivity contribution in [2.45, 2.75) is 25.3 Å². The van der Waals surface area contributed by atoms with E-state index in [-0.39, 0.29) is 0 Å². The van der Waals surface area contributed by atoms with E-state index in [0.717, 1.165) is 35.5 Å². The highest BCUT2D eigenvalue weighted by Gasteiger charge is 2.17. The normalized spacial score (nSPS) is 21.7. The van der Waals surface area contributed by atoms with Gasteiger partial charge in [-0.25, -0.2) is 0 Å². The molecule has 94 valence electrons. The van der Waals surface area contributed by atoms with Crippen LogP contribution in [0.15, 0.2) is 18.2 Å². The number of rotatable bonds is 3. The van der Waals surface area contributed by atoms with Crippen molar-refractivity contribution in [3.8, 4) is 0 Å². The third kappa shape index (κ3) is 3.62. The quantitative estimate of drug-likeness (QED) is 0.916. The van der Waals surface area contributed by atoms with E-state index in [2.05, 4.69) is 35.7 Å². The second-order valence-electron chi connectivity index (χ2n) is 4.55. The topological polar surface area (TPSA) is 29.3 Å². The van der Waals surface area contributed by atoms with Crippen LogP contribution in [0.2, 0.25) is 5.02 Å². The van der Waals surface area contributed by atoms with Crippen LogP contribution in [0.5, 0.6) is 0 Å². The van der Waals surface area contributed by atoms with Gasteiger partial charge in [0.05, 0.1) is 0 Å². The molecule has 0 saturated carbocycles. The summed E-state index contributed by atoms with van der Waals surface area (Å²) in [6.45, 7) is 6.10. The standard InChI is InChI=1S/C13H19ClN2S/c1-10-8-16(4-5-17-10)9-12-3-2-11(7-15)6-13(12)14/h2-3,6,10H,4-5,7-9,15H2,1H3. The first kappa shape index (κ1) is 13.2. The summed E-state index contributed by atoms with van der Waals surface area (Å²) in [4.78, 5) is 2.48. The second kappa shape index (κ2) is 6.10. The van der Waals surface area contributed by atoms with E-state index in [1.165, 1.54) is 11.3 Å². The molecule has 0 aromatic heterocycles. The van der Waals surface area contributed by atoms with Crippen molar-refractivity contribution in [3.63, 3.8) is 0 Å². The molecule has 1 fully saturated rings. The SMILES string of the molecule is CC1CN(Cc2ccc(CN)cc2Cl)CCS1. The van der Waals surface area contributed by atoms with Crippen LogP contribution in [0.4, 0.5) is 0 Å².